The Morgan fingerprint density at radius 1 is 1.35 bits per heavy atom. The third kappa shape index (κ3) is 2.20. The smallest absolute Gasteiger partial charge is 0.264 e. The summed E-state index contributed by atoms with van der Waals surface area (Å²) in [4.78, 5) is 15.1. The maximum atomic E-state index is 12.3. The average Bonchev–Trinajstić information content (AvgIpc) is 2.92. The van der Waals surface area contributed by atoms with Crippen LogP contribution in [0.25, 0.3) is 0 Å². The maximum Gasteiger partial charge on any atom is 0.264 e. The van der Waals surface area contributed by atoms with E-state index in [1.165, 1.54) is 11.3 Å². The summed E-state index contributed by atoms with van der Waals surface area (Å²) >= 11 is 8.36. The SMILES string of the molecule is O=C(c1cc(Br)c(Br)s1)N1C[C@H]2CNC[C@H]2C1. The zero-order valence-electron chi connectivity index (χ0n) is 9.08. The Bertz CT molecular complexity index is 431. The minimum Gasteiger partial charge on any atom is -0.337 e. The average molecular weight is 380 g/mol. The van der Waals surface area contributed by atoms with Gasteiger partial charge in [0, 0.05) is 30.7 Å². The molecule has 2 fully saturated rings. The van der Waals surface area contributed by atoms with Crippen LogP contribution in [-0.4, -0.2) is 37.0 Å². The van der Waals surface area contributed by atoms with E-state index in [9.17, 15) is 4.79 Å². The van der Waals surface area contributed by atoms with Gasteiger partial charge in [-0.25, -0.2) is 0 Å². The zero-order valence-corrected chi connectivity index (χ0v) is 13.1. The second-order valence-electron chi connectivity index (χ2n) is 4.62. The molecule has 0 bridgehead atoms. The standard InChI is InChI=1S/C11H12Br2N2OS/c12-8-1-9(17-10(8)13)11(16)15-4-6-2-14-3-7(6)5-15/h1,6-7,14H,2-5H2/t6-,7+. The maximum absolute atomic E-state index is 12.3. The number of hydrogen-bond acceptors (Lipinski definition) is 3. The molecule has 0 aliphatic carbocycles. The molecule has 0 spiro atoms. The summed E-state index contributed by atoms with van der Waals surface area (Å²) in [6, 6.07) is 1.91. The van der Waals surface area contributed by atoms with Gasteiger partial charge in [-0.1, -0.05) is 0 Å². The Kier molecular flexibility index (Phi) is 3.32. The quantitative estimate of drug-likeness (QED) is 0.813. The number of hydrogen-bond donors (Lipinski definition) is 1. The van der Waals surface area contributed by atoms with Crippen LogP contribution in [0.4, 0.5) is 0 Å². The highest BCUT2D eigenvalue weighted by Gasteiger charge is 2.38. The number of carbonyl (C=O) groups excluding carboxylic acids is 1. The van der Waals surface area contributed by atoms with E-state index in [1.807, 2.05) is 11.0 Å². The van der Waals surface area contributed by atoms with E-state index in [2.05, 4.69) is 37.2 Å². The summed E-state index contributed by atoms with van der Waals surface area (Å²) in [7, 11) is 0. The lowest BCUT2D eigenvalue weighted by Crippen LogP contribution is -2.31. The molecule has 6 heteroatoms. The number of carbonyl (C=O) groups is 1. The van der Waals surface area contributed by atoms with Crippen molar-refractivity contribution in [1.29, 1.82) is 0 Å². The number of rotatable bonds is 1. The van der Waals surface area contributed by atoms with Crippen LogP contribution in [0.15, 0.2) is 14.3 Å². The highest BCUT2D eigenvalue weighted by molar-refractivity contribution is 9.13. The van der Waals surface area contributed by atoms with Crippen molar-refractivity contribution in [3.8, 4) is 0 Å². The molecular weight excluding hydrogens is 368 g/mol. The van der Waals surface area contributed by atoms with E-state index < -0.39 is 0 Å². The number of nitrogens with zero attached hydrogens (tertiary/aromatic N) is 1. The van der Waals surface area contributed by atoms with Crippen molar-refractivity contribution in [3.63, 3.8) is 0 Å². The Morgan fingerprint density at radius 3 is 2.53 bits per heavy atom. The van der Waals surface area contributed by atoms with E-state index in [0.717, 1.165) is 39.3 Å². The summed E-state index contributed by atoms with van der Waals surface area (Å²) in [6.07, 6.45) is 0. The number of likely N-dealkylation sites (tertiary alicyclic amines) is 1. The van der Waals surface area contributed by atoms with Gasteiger partial charge in [0.05, 0.1) is 8.66 Å². The van der Waals surface area contributed by atoms with Crippen molar-refractivity contribution in [3.05, 3.63) is 19.2 Å². The van der Waals surface area contributed by atoms with E-state index in [1.54, 1.807) is 0 Å². The summed E-state index contributed by atoms with van der Waals surface area (Å²) < 4.78 is 1.95. The predicted molar refractivity (Wildman–Crippen MR) is 75.5 cm³/mol. The number of thiophene rings is 1. The van der Waals surface area contributed by atoms with Crippen molar-refractivity contribution in [2.45, 2.75) is 0 Å². The van der Waals surface area contributed by atoms with Crippen LogP contribution in [0.3, 0.4) is 0 Å². The summed E-state index contributed by atoms with van der Waals surface area (Å²) in [6.45, 7) is 3.94. The molecule has 0 unspecified atom stereocenters. The summed E-state index contributed by atoms with van der Waals surface area (Å²) in [5.41, 5.74) is 0. The molecule has 1 aromatic heterocycles. The van der Waals surface area contributed by atoms with Crippen LogP contribution >= 0.6 is 43.2 Å². The van der Waals surface area contributed by atoms with Crippen LogP contribution in [0.2, 0.25) is 0 Å². The molecule has 1 N–H and O–H groups in total. The normalized spacial score (nSPS) is 27.5. The van der Waals surface area contributed by atoms with E-state index in [0.29, 0.717) is 11.8 Å². The molecule has 1 aromatic rings. The van der Waals surface area contributed by atoms with Crippen molar-refractivity contribution >= 4 is 49.1 Å². The Balaban J connectivity index is 1.75. The molecule has 2 aliphatic heterocycles. The first-order valence-electron chi connectivity index (χ1n) is 5.60. The van der Waals surface area contributed by atoms with Crippen LogP contribution in [0.1, 0.15) is 9.67 Å². The molecule has 0 saturated carbocycles. The molecule has 0 radical (unpaired) electrons. The Hall–Kier alpha value is 0.0900. The van der Waals surface area contributed by atoms with Gasteiger partial charge in [-0.2, -0.15) is 0 Å². The molecule has 2 aliphatic rings. The lowest BCUT2D eigenvalue weighted by molar-refractivity contribution is 0.0786. The van der Waals surface area contributed by atoms with Gasteiger partial charge >= 0.3 is 0 Å². The number of nitrogens with one attached hydrogen (secondary N) is 1. The molecule has 92 valence electrons. The van der Waals surface area contributed by atoms with E-state index in [4.69, 9.17) is 0 Å². The van der Waals surface area contributed by atoms with Crippen molar-refractivity contribution < 1.29 is 4.79 Å². The zero-order chi connectivity index (χ0) is 12.0. The van der Waals surface area contributed by atoms with Crippen molar-refractivity contribution in [2.24, 2.45) is 11.8 Å². The molecule has 0 aromatic carbocycles. The minimum atomic E-state index is 0.177. The van der Waals surface area contributed by atoms with Crippen LogP contribution < -0.4 is 5.32 Å². The molecule has 1 amide bonds. The fourth-order valence-corrected chi connectivity index (χ4v) is 4.63. The summed E-state index contributed by atoms with van der Waals surface area (Å²) in [5, 5.41) is 3.39. The molecule has 3 rings (SSSR count). The number of amides is 1. The fourth-order valence-electron chi connectivity index (χ4n) is 2.63. The predicted octanol–water partition coefficient (Wildman–Crippen LogP) is 2.56. The van der Waals surface area contributed by atoms with Crippen LogP contribution in [0, 0.1) is 11.8 Å². The lowest BCUT2D eigenvalue weighted by atomic mass is 10.0. The lowest BCUT2D eigenvalue weighted by Gasteiger charge is -2.16. The summed E-state index contributed by atoms with van der Waals surface area (Å²) in [5.74, 6) is 1.49. The van der Waals surface area contributed by atoms with Gasteiger partial charge in [-0.3, -0.25) is 4.79 Å². The van der Waals surface area contributed by atoms with Gasteiger partial charge in [-0.05, 0) is 49.8 Å². The highest BCUT2D eigenvalue weighted by atomic mass is 79.9. The van der Waals surface area contributed by atoms with Crippen molar-refractivity contribution in [1.82, 2.24) is 10.2 Å². The monoisotopic (exact) mass is 378 g/mol. The fraction of sp³-hybridized carbons (Fsp3) is 0.545. The minimum absolute atomic E-state index is 0.177. The van der Waals surface area contributed by atoms with Gasteiger partial charge in [-0.15, -0.1) is 11.3 Å². The molecule has 2 atom stereocenters. The molecule has 2 saturated heterocycles. The first-order chi connectivity index (χ1) is 8.15. The van der Waals surface area contributed by atoms with Crippen molar-refractivity contribution in [2.75, 3.05) is 26.2 Å². The third-order valence-corrected chi connectivity index (χ3v) is 6.78. The van der Waals surface area contributed by atoms with Gasteiger partial charge < -0.3 is 10.2 Å². The van der Waals surface area contributed by atoms with Gasteiger partial charge in [0.15, 0.2) is 0 Å². The second-order valence-corrected chi connectivity index (χ2v) is 7.85. The second kappa shape index (κ2) is 4.64. The first kappa shape index (κ1) is 12.1. The van der Waals surface area contributed by atoms with E-state index >= 15 is 0 Å². The van der Waals surface area contributed by atoms with Gasteiger partial charge in [0.25, 0.3) is 5.91 Å². The van der Waals surface area contributed by atoms with Crippen LogP contribution in [-0.2, 0) is 0 Å². The Morgan fingerprint density at radius 2 is 2.00 bits per heavy atom. The molecule has 3 nitrogen and oxygen atoms in total. The number of fused-ring (bicyclic) bond motifs is 1. The number of halogens is 2. The topological polar surface area (TPSA) is 32.3 Å². The Labute approximate surface area is 121 Å². The van der Waals surface area contributed by atoms with E-state index in [-0.39, 0.29) is 5.91 Å². The molecular formula is C11H12Br2N2OS. The third-order valence-electron chi connectivity index (χ3n) is 3.53. The van der Waals surface area contributed by atoms with Gasteiger partial charge in [0.1, 0.15) is 0 Å². The highest BCUT2D eigenvalue weighted by Crippen LogP contribution is 2.34. The molecule has 17 heavy (non-hydrogen) atoms. The largest absolute Gasteiger partial charge is 0.337 e. The first-order valence-corrected chi connectivity index (χ1v) is 8.00. The molecule has 3 heterocycles. The van der Waals surface area contributed by atoms with Gasteiger partial charge in [0.2, 0.25) is 0 Å². The van der Waals surface area contributed by atoms with Crippen LogP contribution in [0.5, 0.6) is 0 Å².